The van der Waals surface area contributed by atoms with Crippen molar-refractivity contribution in [1.82, 2.24) is 10.2 Å². The summed E-state index contributed by atoms with van der Waals surface area (Å²) in [7, 11) is 0. The molecule has 1 heterocycles. The Morgan fingerprint density at radius 1 is 0.967 bits per heavy atom. The van der Waals surface area contributed by atoms with Crippen LogP contribution >= 0.6 is 11.3 Å². The molecule has 2 aromatic carbocycles. The Kier molecular flexibility index (Phi) is 6.04. The van der Waals surface area contributed by atoms with Gasteiger partial charge in [-0.15, -0.1) is 10.2 Å². The maximum Gasteiger partial charge on any atom is 0.306 e. The monoisotopic (exact) mass is 423 g/mol. The van der Waals surface area contributed by atoms with E-state index in [4.69, 9.17) is 9.84 Å². The summed E-state index contributed by atoms with van der Waals surface area (Å²) in [4.78, 5) is 23.5. The molecule has 7 nitrogen and oxygen atoms in total. The number of nitrogens with one attached hydrogen (secondary N) is 1. The number of hydrogen-bond donors (Lipinski definition) is 2. The van der Waals surface area contributed by atoms with E-state index in [9.17, 15) is 9.59 Å². The van der Waals surface area contributed by atoms with Crippen LogP contribution in [-0.4, -0.2) is 33.3 Å². The lowest BCUT2D eigenvalue weighted by atomic mass is 9.87. The summed E-state index contributed by atoms with van der Waals surface area (Å²) in [6, 6.07) is 16.6. The number of aromatic nitrogens is 2. The normalized spacial score (nSPS) is 18.5. The molecule has 30 heavy (non-hydrogen) atoms. The van der Waals surface area contributed by atoms with Crippen LogP contribution in [0.1, 0.15) is 36.0 Å². The fourth-order valence-electron chi connectivity index (χ4n) is 3.45. The van der Waals surface area contributed by atoms with Gasteiger partial charge in [-0.2, -0.15) is 0 Å². The smallest absolute Gasteiger partial charge is 0.306 e. The molecule has 8 heteroatoms. The zero-order valence-corrected chi connectivity index (χ0v) is 17.0. The van der Waals surface area contributed by atoms with E-state index in [0.717, 1.165) is 23.4 Å². The van der Waals surface area contributed by atoms with Gasteiger partial charge in [0.25, 0.3) is 5.91 Å². The summed E-state index contributed by atoms with van der Waals surface area (Å²) in [5.74, 6) is -0.583. The van der Waals surface area contributed by atoms with Gasteiger partial charge in [0.05, 0.1) is 12.0 Å². The number of benzene rings is 2. The Morgan fingerprint density at radius 3 is 2.33 bits per heavy atom. The standard InChI is InChI=1S/C22H21N3O4S/c26-19(23-22-25-24-20(30-22)15-4-2-1-3-5-15)14-6-10-17(11-7-14)29-18-12-8-16(9-13-18)21(27)28/h1-7,10-11,16,18H,8-9,12-13H2,(H,27,28)(H,23,25,26)/t16-,18-. The number of ether oxygens (including phenoxy) is 1. The topological polar surface area (TPSA) is 101 Å². The molecule has 154 valence electrons. The lowest BCUT2D eigenvalue weighted by molar-refractivity contribution is -0.143. The van der Waals surface area contributed by atoms with Crippen molar-refractivity contribution in [3.63, 3.8) is 0 Å². The highest BCUT2D eigenvalue weighted by Gasteiger charge is 2.26. The van der Waals surface area contributed by atoms with Crippen LogP contribution in [0.3, 0.4) is 0 Å². The van der Waals surface area contributed by atoms with Crippen LogP contribution in [0, 0.1) is 5.92 Å². The highest BCUT2D eigenvalue weighted by molar-refractivity contribution is 7.18. The Morgan fingerprint density at radius 2 is 1.67 bits per heavy atom. The fourth-order valence-corrected chi connectivity index (χ4v) is 4.19. The predicted octanol–water partition coefficient (Wildman–Crippen LogP) is 4.48. The minimum Gasteiger partial charge on any atom is -0.490 e. The molecule has 4 rings (SSSR count). The zero-order valence-electron chi connectivity index (χ0n) is 16.2. The van der Waals surface area contributed by atoms with Crippen LogP contribution in [0.4, 0.5) is 5.13 Å². The third-order valence-electron chi connectivity index (χ3n) is 5.11. The summed E-state index contributed by atoms with van der Waals surface area (Å²) in [5.41, 5.74) is 1.45. The number of nitrogens with zero attached hydrogens (tertiary/aromatic N) is 2. The number of aliphatic carboxylic acids is 1. The number of carboxylic acid groups (broad SMARTS) is 1. The first kappa shape index (κ1) is 20.0. The molecule has 1 aromatic heterocycles. The average molecular weight is 423 g/mol. The number of anilines is 1. The van der Waals surface area contributed by atoms with Crippen LogP contribution in [0.15, 0.2) is 54.6 Å². The van der Waals surface area contributed by atoms with Crippen molar-refractivity contribution >= 4 is 28.3 Å². The molecule has 0 radical (unpaired) electrons. The van der Waals surface area contributed by atoms with Crippen LogP contribution in [-0.2, 0) is 4.79 Å². The van der Waals surface area contributed by atoms with Gasteiger partial charge in [0, 0.05) is 11.1 Å². The molecule has 0 saturated heterocycles. The van der Waals surface area contributed by atoms with Crippen molar-refractivity contribution in [1.29, 1.82) is 0 Å². The first-order valence-electron chi connectivity index (χ1n) is 9.78. The van der Waals surface area contributed by atoms with Crippen molar-refractivity contribution < 1.29 is 19.4 Å². The van der Waals surface area contributed by atoms with Crippen molar-refractivity contribution in [2.24, 2.45) is 5.92 Å². The third kappa shape index (κ3) is 4.83. The number of amides is 1. The maximum absolute atomic E-state index is 12.5. The van der Waals surface area contributed by atoms with E-state index in [0.29, 0.717) is 29.3 Å². The Hall–Kier alpha value is -3.26. The Labute approximate surface area is 177 Å². The summed E-state index contributed by atoms with van der Waals surface area (Å²) < 4.78 is 5.94. The van der Waals surface area contributed by atoms with Gasteiger partial charge in [-0.05, 0) is 49.9 Å². The van der Waals surface area contributed by atoms with E-state index in [1.165, 1.54) is 11.3 Å². The van der Waals surface area contributed by atoms with Crippen molar-refractivity contribution in [2.75, 3.05) is 5.32 Å². The van der Waals surface area contributed by atoms with E-state index in [1.54, 1.807) is 24.3 Å². The fraction of sp³-hybridized carbons (Fsp3) is 0.273. The molecule has 0 bridgehead atoms. The van der Waals surface area contributed by atoms with E-state index in [1.807, 2.05) is 30.3 Å². The van der Waals surface area contributed by atoms with Gasteiger partial charge in [0.1, 0.15) is 10.8 Å². The molecule has 1 aliphatic rings. The summed E-state index contributed by atoms with van der Waals surface area (Å²) in [5, 5.41) is 21.2. The molecule has 1 fully saturated rings. The number of carbonyl (C=O) groups is 2. The highest BCUT2D eigenvalue weighted by Crippen LogP contribution is 2.29. The Balaban J connectivity index is 1.32. The lowest BCUT2D eigenvalue weighted by Crippen LogP contribution is -2.27. The molecule has 0 aliphatic heterocycles. The molecule has 0 atom stereocenters. The molecule has 0 unspecified atom stereocenters. The van der Waals surface area contributed by atoms with Crippen LogP contribution in [0.25, 0.3) is 10.6 Å². The van der Waals surface area contributed by atoms with Gasteiger partial charge in [0.2, 0.25) is 5.13 Å². The van der Waals surface area contributed by atoms with Gasteiger partial charge >= 0.3 is 5.97 Å². The number of carbonyl (C=O) groups excluding carboxylic acids is 1. The summed E-state index contributed by atoms with van der Waals surface area (Å²) in [6.45, 7) is 0. The van der Waals surface area contributed by atoms with Crippen LogP contribution in [0.2, 0.25) is 0 Å². The predicted molar refractivity (Wildman–Crippen MR) is 114 cm³/mol. The molecule has 1 amide bonds. The van der Waals surface area contributed by atoms with Crippen LogP contribution < -0.4 is 10.1 Å². The lowest BCUT2D eigenvalue weighted by Gasteiger charge is -2.26. The molecule has 2 N–H and O–H groups in total. The van der Waals surface area contributed by atoms with Crippen LogP contribution in [0.5, 0.6) is 5.75 Å². The summed E-state index contributed by atoms with van der Waals surface area (Å²) in [6.07, 6.45) is 2.72. The van der Waals surface area contributed by atoms with Crippen molar-refractivity contribution in [3.8, 4) is 16.3 Å². The van der Waals surface area contributed by atoms with Gasteiger partial charge in [0.15, 0.2) is 0 Å². The molecule has 1 saturated carbocycles. The number of hydrogen-bond acceptors (Lipinski definition) is 6. The largest absolute Gasteiger partial charge is 0.490 e. The minimum absolute atomic E-state index is 0.0121. The molecular weight excluding hydrogens is 402 g/mol. The second-order valence-corrected chi connectivity index (χ2v) is 8.16. The van der Waals surface area contributed by atoms with E-state index < -0.39 is 5.97 Å². The number of carboxylic acids is 1. The van der Waals surface area contributed by atoms with Gasteiger partial charge < -0.3 is 9.84 Å². The first-order chi connectivity index (χ1) is 14.6. The van der Waals surface area contributed by atoms with E-state index >= 15 is 0 Å². The minimum atomic E-state index is -0.727. The molecule has 3 aromatic rings. The van der Waals surface area contributed by atoms with Crippen molar-refractivity contribution in [2.45, 2.75) is 31.8 Å². The summed E-state index contributed by atoms with van der Waals surface area (Å²) >= 11 is 1.32. The second kappa shape index (κ2) is 9.04. The maximum atomic E-state index is 12.5. The van der Waals surface area contributed by atoms with Gasteiger partial charge in [-0.3, -0.25) is 14.9 Å². The molecule has 1 aliphatic carbocycles. The van der Waals surface area contributed by atoms with Gasteiger partial charge in [-0.1, -0.05) is 41.7 Å². The van der Waals surface area contributed by atoms with E-state index in [-0.39, 0.29) is 17.9 Å². The van der Waals surface area contributed by atoms with E-state index in [2.05, 4.69) is 15.5 Å². The third-order valence-corrected chi connectivity index (χ3v) is 6.00. The quantitative estimate of drug-likeness (QED) is 0.606. The van der Waals surface area contributed by atoms with Gasteiger partial charge in [-0.25, -0.2) is 0 Å². The zero-order chi connectivity index (χ0) is 20.9. The van der Waals surface area contributed by atoms with Crippen molar-refractivity contribution in [3.05, 3.63) is 60.2 Å². The second-order valence-electron chi connectivity index (χ2n) is 7.19. The molecule has 0 spiro atoms. The number of rotatable bonds is 6. The highest BCUT2D eigenvalue weighted by atomic mass is 32.1. The average Bonchev–Trinajstić information content (AvgIpc) is 3.24. The SMILES string of the molecule is O=C(Nc1nnc(-c2ccccc2)s1)c1ccc(O[C@H]2CC[C@H](C(=O)O)CC2)cc1. The Bertz CT molecular complexity index is 1010. The molecular formula is C22H21N3O4S. The first-order valence-corrected chi connectivity index (χ1v) is 10.6.